The molecule has 0 bridgehead atoms. The number of carbonyl (C=O) groups excluding carboxylic acids is 1. The monoisotopic (exact) mass is 372 g/mol. The first-order valence-corrected chi connectivity index (χ1v) is 8.91. The van der Waals surface area contributed by atoms with E-state index in [1.807, 2.05) is 55.5 Å². The summed E-state index contributed by atoms with van der Waals surface area (Å²) in [5.41, 5.74) is 2.19. The highest BCUT2D eigenvalue weighted by Gasteiger charge is 2.16. The van der Waals surface area contributed by atoms with E-state index in [0.717, 1.165) is 0 Å². The molecule has 0 heterocycles. The fourth-order valence-corrected chi connectivity index (χ4v) is 2.59. The van der Waals surface area contributed by atoms with Gasteiger partial charge >= 0.3 is 0 Å². The van der Waals surface area contributed by atoms with Gasteiger partial charge in [-0.15, -0.1) is 5.10 Å². The highest BCUT2D eigenvalue weighted by atomic mass is 16.5. The molecule has 0 atom stereocenters. The molecule has 0 spiro atoms. The number of Topliss-reactive ketones (excluding diaryl/α,β-unsaturated/α-hetero) is 1. The lowest BCUT2D eigenvalue weighted by Crippen LogP contribution is -2.15. The van der Waals surface area contributed by atoms with Gasteiger partial charge in [-0.1, -0.05) is 60.7 Å². The first kappa shape index (κ1) is 19.0. The molecular formula is C23H20N2O3. The molecule has 1 N–H and O–H groups in total. The quantitative estimate of drug-likeness (QED) is 0.377. The number of aromatic hydroxyl groups is 1. The van der Waals surface area contributed by atoms with Gasteiger partial charge in [-0.05, 0) is 30.7 Å². The third-order valence-corrected chi connectivity index (χ3v) is 3.95. The predicted octanol–water partition coefficient (Wildman–Crippen LogP) is 4.50. The Morgan fingerprint density at radius 2 is 1.61 bits per heavy atom. The normalized spacial score (nSPS) is 11.5. The van der Waals surface area contributed by atoms with Gasteiger partial charge in [0.1, 0.15) is 5.71 Å². The van der Waals surface area contributed by atoms with Crippen molar-refractivity contribution in [2.45, 2.75) is 6.92 Å². The summed E-state index contributed by atoms with van der Waals surface area (Å²) in [5, 5.41) is 18.1. The van der Waals surface area contributed by atoms with Gasteiger partial charge in [-0.3, -0.25) is 4.79 Å². The average molecular weight is 372 g/mol. The van der Waals surface area contributed by atoms with Crippen molar-refractivity contribution < 1.29 is 14.6 Å². The molecule has 0 aliphatic rings. The van der Waals surface area contributed by atoms with Crippen molar-refractivity contribution in [2.24, 2.45) is 10.2 Å². The Bertz CT molecular complexity index is 997. The van der Waals surface area contributed by atoms with Gasteiger partial charge in [-0.25, -0.2) is 0 Å². The summed E-state index contributed by atoms with van der Waals surface area (Å²) >= 11 is 0. The molecule has 5 nitrogen and oxygen atoms in total. The minimum absolute atomic E-state index is 0.0618. The number of ether oxygens (including phenoxy) is 1. The number of phenolic OH excluding ortho intramolecular Hbond substituents is 1. The van der Waals surface area contributed by atoms with Gasteiger partial charge in [0, 0.05) is 11.1 Å². The smallest absolute Gasteiger partial charge is 0.213 e. The molecule has 3 rings (SSSR count). The molecule has 140 valence electrons. The van der Waals surface area contributed by atoms with E-state index < -0.39 is 0 Å². The molecule has 0 radical (unpaired) electrons. The summed E-state index contributed by atoms with van der Waals surface area (Å²) in [5.74, 6) is 0.232. The van der Waals surface area contributed by atoms with Crippen molar-refractivity contribution in [1.29, 1.82) is 0 Å². The van der Waals surface area contributed by atoms with E-state index >= 15 is 0 Å². The zero-order chi connectivity index (χ0) is 19.8. The van der Waals surface area contributed by atoms with Crippen LogP contribution in [0.15, 0.2) is 89.1 Å². The second-order valence-electron chi connectivity index (χ2n) is 5.91. The summed E-state index contributed by atoms with van der Waals surface area (Å²) in [6.45, 7) is 2.28. The third kappa shape index (κ3) is 4.71. The Balaban J connectivity index is 1.93. The number of benzene rings is 3. The van der Waals surface area contributed by atoms with Crippen LogP contribution in [0.1, 0.15) is 28.4 Å². The summed E-state index contributed by atoms with van der Waals surface area (Å²) in [4.78, 5) is 12.9. The highest BCUT2D eigenvalue weighted by molar-refractivity contribution is 6.51. The zero-order valence-corrected chi connectivity index (χ0v) is 15.4. The molecule has 3 aromatic rings. The lowest BCUT2D eigenvalue weighted by atomic mass is 10.0. The number of hydrogen-bond acceptors (Lipinski definition) is 5. The van der Waals surface area contributed by atoms with Crippen molar-refractivity contribution in [3.63, 3.8) is 0 Å². The van der Waals surface area contributed by atoms with Crippen LogP contribution in [0, 0.1) is 0 Å². The molecule has 3 aromatic carbocycles. The van der Waals surface area contributed by atoms with Gasteiger partial charge in [0.25, 0.3) is 0 Å². The Morgan fingerprint density at radius 3 is 2.25 bits per heavy atom. The second-order valence-corrected chi connectivity index (χ2v) is 5.91. The van der Waals surface area contributed by atoms with Crippen LogP contribution in [0.3, 0.4) is 0 Å². The minimum atomic E-state index is -0.204. The molecule has 0 amide bonds. The average Bonchev–Trinajstić information content (AvgIpc) is 2.74. The molecule has 0 saturated heterocycles. The van der Waals surface area contributed by atoms with Crippen LogP contribution in [-0.4, -0.2) is 29.4 Å². The maximum atomic E-state index is 12.9. The van der Waals surface area contributed by atoms with E-state index in [1.54, 1.807) is 24.3 Å². The van der Waals surface area contributed by atoms with Crippen molar-refractivity contribution >= 4 is 17.7 Å². The SMILES string of the molecule is CCOc1cc(/C=N/N=C(\C(=O)c2ccccc2)c2ccccc2)ccc1O. The summed E-state index contributed by atoms with van der Waals surface area (Å²) in [6, 6.07) is 23.1. The first-order valence-electron chi connectivity index (χ1n) is 8.91. The van der Waals surface area contributed by atoms with Crippen LogP contribution >= 0.6 is 0 Å². The molecule has 0 aromatic heterocycles. The fourth-order valence-electron chi connectivity index (χ4n) is 2.59. The van der Waals surface area contributed by atoms with Gasteiger partial charge in [-0.2, -0.15) is 5.10 Å². The van der Waals surface area contributed by atoms with Crippen molar-refractivity contribution in [3.8, 4) is 11.5 Å². The number of rotatable bonds is 7. The highest BCUT2D eigenvalue weighted by Crippen LogP contribution is 2.26. The molecule has 0 unspecified atom stereocenters. The number of nitrogens with zero attached hydrogens (tertiary/aromatic N) is 2. The molecule has 28 heavy (non-hydrogen) atoms. The van der Waals surface area contributed by atoms with Gasteiger partial charge < -0.3 is 9.84 Å². The topological polar surface area (TPSA) is 71.2 Å². The van der Waals surface area contributed by atoms with E-state index in [2.05, 4.69) is 10.2 Å². The summed E-state index contributed by atoms with van der Waals surface area (Å²) in [6.07, 6.45) is 1.52. The third-order valence-electron chi connectivity index (χ3n) is 3.95. The predicted molar refractivity (Wildman–Crippen MR) is 111 cm³/mol. The van der Waals surface area contributed by atoms with Gasteiger partial charge in [0.15, 0.2) is 11.5 Å². The van der Waals surface area contributed by atoms with E-state index in [9.17, 15) is 9.90 Å². The van der Waals surface area contributed by atoms with E-state index in [0.29, 0.717) is 29.0 Å². The zero-order valence-electron chi connectivity index (χ0n) is 15.4. The Hall–Kier alpha value is -3.73. The molecule has 0 aliphatic heterocycles. The maximum Gasteiger partial charge on any atom is 0.213 e. The Labute approximate surface area is 163 Å². The lowest BCUT2D eigenvalue weighted by Gasteiger charge is -2.06. The van der Waals surface area contributed by atoms with Crippen LogP contribution < -0.4 is 4.74 Å². The Kier molecular flexibility index (Phi) is 6.31. The number of ketones is 1. The largest absolute Gasteiger partial charge is 0.504 e. The maximum absolute atomic E-state index is 12.9. The number of carbonyl (C=O) groups is 1. The van der Waals surface area contributed by atoms with Crippen LogP contribution in [0.2, 0.25) is 0 Å². The fraction of sp³-hybridized carbons (Fsp3) is 0.0870. The number of phenols is 1. The van der Waals surface area contributed by atoms with Crippen molar-refractivity contribution in [3.05, 3.63) is 95.6 Å². The van der Waals surface area contributed by atoms with Crippen LogP contribution in [-0.2, 0) is 0 Å². The molecule has 0 aliphatic carbocycles. The van der Waals surface area contributed by atoms with Crippen molar-refractivity contribution in [1.82, 2.24) is 0 Å². The van der Waals surface area contributed by atoms with Gasteiger partial charge in [0.05, 0.1) is 12.8 Å². The van der Waals surface area contributed by atoms with Crippen molar-refractivity contribution in [2.75, 3.05) is 6.61 Å². The Morgan fingerprint density at radius 1 is 0.964 bits per heavy atom. The number of hydrogen-bond donors (Lipinski definition) is 1. The lowest BCUT2D eigenvalue weighted by molar-refractivity contribution is 0.106. The first-order chi connectivity index (χ1) is 13.7. The van der Waals surface area contributed by atoms with E-state index in [-0.39, 0.29) is 17.2 Å². The molecule has 0 fully saturated rings. The minimum Gasteiger partial charge on any atom is -0.504 e. The molecular weight excluding hydrogens is 352 g/mol. The van der Waals surface area contributed by atoms with Crippen LogP contribution in [0.5, 0.6) is 11.5 Å². The summed E-state index contributed by atoms with van der Waals surface area (Å²) < 4.78 is 5.37. The van der Waals surface area contributed by atoms with E-state index in [4.69, 9.17) is 4.74 Å². The molecule has 0 saturated carbocycles. The standard InChI is InChI=1S/C23H20N2O3/c1-2-28-21-15-17(13-14-20(21)26)16-24-25-22(18-9-5-3-6-10-18)23(27)19-11-7-4-8-12-19/h3-16,26H,2H2,1H3/b24-16+,25-22-. The molecule has 5 heteroatoms. The van der Waals surface area contributed by atoms with Gasteiger partial charge in [0.2, 0.25) is 5.78 Å². The second kappa shape index (κ2) is 9.28. The van der Waals surface area contributed by atoms with Crippen LogP contribution in [0.4, 0.5) is 0 Å². The van der Waals surface area contributed by atoms with E-state index in [1.165, 1.54) is 12.3 Å². The van der Waals surface area contributed by atoms with Crippen LogP contribution in [0.25, 0.3) is 0 Å². The summed E-state index contributed by atoms with van der Waals surface area (Å²) in [7, 11) is 0.